The van der Waals surface area contributed by atoms with Crippen LogP contribution in [0.25, 0.3) is 0 Å². The van der Waals surface area contributed by atoms with E-state index in [0.29, 0.717) is 29.2 Å². The number of allylic oxidation sites excluding steroid dienone is 1. The number of aliphatic hydroxyl groups excluding tert-OH is 1. The maximum Gasteiger partial charge on any atom is 0.338 e. The van der Waals surface area contributed by atoms with Gasteiger partial charge in [-0.05, 0) is 44.7 Å². The van der Waals surface area contributed by atoms with Gasteiger partial charge in [0, 0.05) is 12.3 Å². The third-order valence-corrected chi connectivity index (χ3v) is 6.66. The molecule has 32 heavy (non-hydrogen) atoms. The Hall–Kier alpha value is -2.25. The Morgan fingerprint density at radius 2 is 1.78 bits per heavy atom. The lowest BCUT2D eigenvalue weighted by atomic mass is 9.78. The highest BCUT2D eigenvalue weighted by Gasteiger charge is 2.58. The minimum Gasteiger partial charge on any atom is -0.493 e. The molecule has 0 unspecified atom stereocenters. The molecule has 3 rings (SSSR count). The average Bonchev–Trinajstić information content (AvgIpc) is 3.43. The Morgan fingerprint density at radius 1 is 1.16 bits per heavy atom. The van der Waals surface area contributed by atoms with E-state index >= 15 is 0 Å². The van der Waals surface area contributed by atoms with Crippen LogP contribution in [0.15, 0.2) is 23.8 Å². The zero-order valence-corrected chi connectivity index (χ0v) is 20.1. The summed E-state index contributed by atoms with van der Waals surface area (Å²) < 4.78 is 28.1. The van der Waals surface area contributed by atoms with Gasteiger partial charge in [0.25, 0.3) is 0 Å². The van der Waals surface area contributed by atoms with Gasteiger partial charge in [-0.1, -0.05) is 25.5 Å². The van der Waals surface area contributed by atoms with Crippen LogP contribution in [0.2, 0.25) is 0 Å². The average molecular weight is 449 g/mol. The van der Waals surface area contributed by atoms with E-state index in [9.17, 15) is 9.90 Å². The number of carbonyl (C=O) groups is 1. The molecular weight excluding hydrogens is 412 g/mol. The fourth-order valence-corrected chi connectivity index (χ4v) is 4.80. The van der Waals surface area contributed by atoms with Crippen molar-refractivity contribution in [1.82, 2.24) is 0 Å². The van der Waals surface area contributed by atoms with E-state index in [4.69, 9.17) is 23.7 Å². The number of esters is 1. The molecule has 0 amide bonds. The van der Waals surface area contributed by atoms with Gasteiger partial charge in [-0.3, -0.25) is 0 Å². The molecule has 7 heteroatoms. The minimum atomic E-state index is -0.719. The van der Waals surface area contributed by atoms with Gasteiger partial charge >= 0.3 is 5.97 Å². The Labute approximate surface area is 190 Å². The van der Waals surface area contributed by atoms with Crippen LogP contribution >= 0.6 is 0 Å². The lowest BCUT2D eigenvalue weighted by molar-refractivity contribution is -0.0419. The highest BCUT2D eigenvalue weighted by Crippen LogP contribution is 2.47. The van der Waals surface area contributed by atoms with Gasteiger partial charge in [-0.25, -0.2) is 4.79 Å². The standard InChI is InChI=1S/C25H36O7/c1-14(2)20-17(11-15(3)9-8-10-25(4)23(32-25)21(20)26)31-24(27)16-12-18(28-5)22(30-7)19(13-16)29-6/h9,12-14,17,20-21,23,26H,8,10-11H2,1-7H3/t17-,20+,21+,23-,25+/m0/s1. The molecule has 178 valence electrons. The smallest absolute Gasteiger partial charge is 0.338 e. The lowest BCUT2D eigenvalue weighted by Gasteiger charge is -2.34. The zero-order chi connectivity index (χ0) is 23.6. The number of hydrogen-bond donors (Lipinski definition) is 1. The molecule has 1 saturated heterocycles. The van der Waals surface area contributed by atoms with Crippen LogP contribution in [0.3, 0.4) is 0 Å². The van der Waals surface area contributed by atoms with Crippen molar-refractivity contribution in [3.63, 3.8) is 0 Å². The predicted octanol–water partition coefficient (Wildman–Crippen LogP) is 4.16. The minimum absolute atomic E-state index is 0.0865. The van der Waals surface area contributed by atoms with Crippen LogP contribution in [-0.2, 0) is 9.47 Å². The summed E-state index contributed by atoms with van der Waals surface area (Å²) >= 11 is 0. The fraction of sp³-hybridized carbons (Fsp3) is 0.640. The highest BCUT2D eigenvalue weighted by atomic mass is 16.6. The van der Waals surface area contributed by atoms with Crippen LogP contribution in [0, 0.1) is 11.8 Å². The first kappa shape index (κ1) is 24.4. The second kappa shape index (κ2) is 9.71. The quantitative estimate of drug-likeness (QED) is 0.397. The van der Waals surface area contributed by atoms with Gasteiger partial charge in [0.15, 0.2) is 11.5 Å². The number of fused-ring (bicyclic) bond motifs is 1. The summed E-state index contributed by atoms with van der Waals surface area (Å²) in [6.07, 6.45) is 3.00. The SMILES string of the molecule is COc1cc(C(=O)O[C@H]2CC(C)=CCC[C@@]3(C)O[C@H]3[C@H](O)[C@@H]2C(C)C)cc(OC)c1OC. The first-order valence-corrected chi connectivity index (χ1v) is 11.2. The number of aliphatic hydroxyl groups is 1. The number of carbonyl (C=O) groups excluding carboxylic acids is 1. The van der Waals surface area contributed by atoms with E-state index in [1.54, 1.807) is 12.1 Å². The molecule has 1 fully saturated rings. The topological polar surface area (TPSA) is 86.8 Å². The summed E-state index contributed by atoms with van der Waals surface area (Å²) in [5.41, 5.74) is 1.10. The Bertz CT molecular complexity index is 837. The third-order valence-electron chi connectivity index (χ3n) is 6.66. The van der Waals surface area contributed by atoms with E-state index in [2.05, 4.69) is 6.08 Å². The second-order valence-electron chi connectivity index (χ2n) is 9.31. The lowest BCUT2D eigenvalue weighted by Crippen LogP contribution is -2.43. The molecule has 1 aliphatic heterocycles. The van der Waals surface area contributed by atoms with Gasteiger partial charge in [0.1, 0.15) is 12.2 Å². The molecule has 0 radical (unpaired) electrons. The second-order valence-corrected chi connectivity index (χ2v) is 9.31. The van der Waals surface area contributed by atoms with Crippen LogP contribution in [0.1, 0.15) is 57.3 Å². The van der Waals surface area contributed by atoms with E-state index in [1.807, 2.05) is 27.7 Å². The number of benzene rings is 1. The van der Waals surface area contributed by atoms with E-state index in [-0.39, 0.29) is 23.5 Å². The summed E-state index contributed by atoms with van der Waals surface area (Å²) in [4.78, 5) is 13.2. The Morgan fingerprint density at radius 3 is 2.31 bits per heavy atom. The van der Waals surface area contributed by atoms with E-state index < -0.39 is 18.2 Å². The molecule has 2 aliphatic rings. The Kier molecular flexibility index (Phi) is 7.40. The molecule has 0 bridgehead atoms. The fourth-order valence-electron chi connectivity index (χ4n) is 4.80. The summed E-state index contributed by atoms with van der Waals surface area (Å²) in [5, 5.41) is 11.2. The van der Waals surface area contributed by atoms with Gasteiger partial charge in [-0.2, -0.15) is 0 Å². The molecular formula is C25H36O7. The van der Waals surface area contributed by atoms with Crippen LogP contribution in [0.5, 0.6) is 17.2 Å². The molecule has 0 spiro atoms. The maximum atomic E-state index is 13.2. The largest absolute Gasteiger partial charge is 0.493 e. The molecule has 0 aromatic heterocycles. The maximum absolute atomic E-state index is 13.2. The van der Waals surface area contributed by atoms with Crippen LogP contribution < -0.4 is 14.2 Å². The van der Waals surface area contributed by atoms with E-state index in [0.717, 1.165) is 18.4 Å². The molecule has 5 atom stereocenters. The first-order valence-electron chi connectivity index (χ1n) is 11.2. The number of epoxide rings is 1. The molecule has 1 aromatic carbocycles. The molecule has 0 saturated carbocycles. The monoisotopic (exact) mass is 448 g/mol. The summed E-state index contributed by atoms with van der Waals surface area (Å²) in [6, 6.07) is 3.16. The number of hydrogen-bond acceptors (Lipinski definition) is 7. The number of methoxy groups -OCH3 is 3. The molecule has 1 heterocycles. The van der Waals surface area contributed by atoms with E-state index in [1.165, 1.54) is 21.3 Å². The first-order chi connectivity index (χ1) is 15.1. The van der Waals surface area contributed by atoms with Gasteiger partial charge < -0.3 is 28.8 Å². The number of ether oxygens (including phenoxy) is 5. The van der Waals surface area contributed by atoms with Crippen molar-refractivity contribution in [2.45, 2.75) is 70.9 Å². The van der Waals surface area contributed by atoms with Crippen molar-refractivity contribution < 1.29 is 33.6 Å². The number of rotatable bonds is 6. The zero-order valence-electron chi connectivity index (χ0n) is 20.1. The van der Waals surface area contributed by atoms with Crippen LogP contribution in [-0.4, -0.2) is 56.3 Å². The van der Waals surface area contributed by atoms with Crippen molar-refractivity contribution >= 4 is 5.97 Å². The molecule has 7 nitrogen and oxygen atoms in total. The molecule has 1 aliphatic carbocycles. The summed E-state index contributed by atoms with van der Waals surface area (Å²) in [5.74, 6) is 0.477. The normalized spacial score (nSPS) is 30.1. The Balaban J connectivity index is 1.93. The summed E-state index contributed by atoms with van der Waals surface area (Å²) in [6.45, 7) is 8.16. The van der Waals surface area contributed by atoms with Crippen molar-refractivity contribution in [3.8, 4) is 17.2 Å². The third kappa shape index (κ3) is 4.89. The highest BCUT2D eigenvalue weighted by molar-refractivity contribution is 5.91. The van der Waals surface area contributed by atoms with Crippen LogP contribution in [0.4, 0.5) is 0 Å². The molecule has 1 N–H and O–H groups in total. The van der Waals surface area contributed by atoms with Gasteiger partial charge in [0.05, 0.1) is 38.6 Å². The van der Waals surface area contributed by atoms with Crippen molar-refractivity contribution in [3.05, 3.63) is 29.3 Å². The van der Waals surface area contributed by atoms with Crippen molar-refractivity contribution in [2.75, 3.05) is 21.3 Å². The molecule has 1 aromatic rings. The van der Waals surface area contributed by atoms with Crippen molar-refractivity contribution in [2.24, 2.45) is 11.8 Å². The van der Waals surface area contributed by atoms with Gasteiger partial charge in [0.2, 0.25) is 5.75 Å². The van der Waals surface area contributed by atoms with Crippen molar-refractivity contribution in [1.29, 1.82) is 0 Å². The van der Waals surface area contributed by atoms with Gasteiger partial charge in [-0.15, -0.1) is 0 Å². The predicted molar refractivity (Wildman–Crippen MR) is 121 cm³/mol. The summed E-state index contributed by atoms with van der Waals surface area (Å²) in [7, 11) is 4.51.